The number of hydrogen-bond donors (Lipinski definition) is 1. The van der Waals surface area contributed by atoms with Crippen molar-refractivity contribution in [2.75, 3.05) is 0 Å². The summed E-state index contributed by atoms with van der Waals surface area (Å²) < 4.78 is 1.79. The Labute approximate surface area is 120 Å². The van der Waals surface area contributed by atoms with E-state index in [9.17, 15) is 10.1 Å². The first-order valence-corrected chi connectivity index (χ1v) is 7.36. The van der Waals surface area contributed by atoms with E-state index in [0.29, 0.717) is 19.4 Å². The number of hydrogen-bond acceptors (Lipinski definition) is 3. The minimum atomic E-state index is -0.825. The third-order valence-corrected chi connectivity index (χ3v) is 4.00. The van der Waals surface area contributed by atoms with Crippen molar-refractivity contribution in [1.29, 1.82) is 5.26 Å². The summed E-state index contributed by atoms with van der Waals surface area (Å²) in [5, 5.41) is 16.6. The zero-order valence-electron chi connectivity index (χ0n) is 12.0. The highest BCUT2D eigenvalue weighted by Crippen LogP contribution is 2.34. The van der Waals surface area contributed by atoms with Crippen LogP contribution < -0.4 is 5.32 Å². The molecule has 1 fully saturated rings. The Kier molecular flexibility index (Phi) is 4.78. The van der Waals surface area contributed by atoms with E-state index in [2.05, 4.69) is 16.5 Å². The maximum Gasteiger partial charge on any atom is 0.240 e. The summed E-state index contributed by atoms with van der Waals surface area (Å²) >= 11 is 0. The molecule has 1 atom stereocenters. The van der Waals surface area contributed by atoms with Gasteiger partial charge in [0.15, 0.2) is 0 Å². The van der Waals surface area contributed by atoms with Gasteiger partial charge in [-0.3, -0.25) is 9.48 Å². The molecule has 1 aromatic rings. The molecule has 0 spiro atoms. The van der Waals surface area contributed by atoms with Crippen LogP contribution in [0.3, 0.4) is 0 Å². The highest BCUT2D eigenvalue weighted by molar-refractivity contribution is 5.85. The van der Waals surface area contributed by atoms with Gasteiger partial charge in [-0.25, -0.2) is 0 Å². The average molecular weight is 274 g/mol. The van der Waals surface area contributed by atoms with Crippen LogP contribution in [0.1, 0.15) is 45.4 Å². The van der Waals surface area contributed by atoms with Crippen LogP contribution in [0.2, 0.25) is 0 Å². The van der Waals surface area contributed by atoms with Gasteiger partial charge < -0.3 is 5.32 Å². The van der Waals surface area contributed by atoms with E-state index in [0.717, 1.165) is 25.7 Å². The van der Waals surface area contributed by atoms with E-state index < -0.39 is 5.41 Å². The van der Waals surface area contributed by atoms with E-state index in [1.807, 2.05) is 19.2 Å². The zero-order valence-corrected chi connectivity index (χ0v) is 12.0. The second-order valence-corrected chi connectivity index (χ2v) is 5.71. The molecule has 0 aliphatic heterocycles. The second kappa shape index (κ2) is 6.56. The lowest BCUT2D eigenvalue weighted by atomic mass is 9.81. The van der Waals surface area contributed by atoms with E-state index in [1.54, 1.807) is 10.9 Å². The third-order valence-electron chi connectivity index (χ3n) is 4.00. The smallest absolute Gasteiger partial charge is 0.240 e. The predicted molar refractivity (Wildman–Crippen MR) is 75.6 cm³/mol. The minimum Gasteiger partial charge on any atom is -0.350 e. The van der Waals surface area contributed by atoms with Crippen LogP contribution in [0.25, 0.3) is 0 Å². The molecule has 1 aliphatic rings. The van der Waals surface area contributed by atoms with Crippen LogP contribution in [0.4, 0.5) is 0 Å². The number of nitriles is 1. The van der Waals surface area contributed by atoms with Crippen molar-refractivity contribution in [1.82, 2.24) is 15.1 Å². The van der Waals surface area contributed by atoms with Crippen LogP contribution in [0.5, 0.6) is 0 Å². The first kappa shape index (κ1) is 14.6. The lowest BCUT2D eigenvalue weighted by Gasteiger charge is -2.26. The number of carbonyl (C=O) groups is 1. The fourth-order valence-electron chi connectivity index (χ4n) is 2.82. The number of rotatable bonds is 4. The monoisotopic (exact) mass is 274 g/mol. The van der Waals surface area contributed by atoms with Crippen molar-refractivity contribution in [2.45, 2.75) is 58.0 Å². The highest BCUT2D eigenvalue weighted by Gasteiger charge is 2.39. The molecule has 1 aromatic heterocycles. The molecule has 0 radical (unpaired) electrons. The summed E-state index contributed by atoms with van der Waals surface area (Å²) in [4.78, 5) is 12.5. The number of aromatic nitrogens is 2. The molecule has 1 heterocycles. The lowest BCUT2D eigenvalue weighted by Crippen LogP contribution is -2.45. The fraction of sp³-hybridized carbons (Fsp3) is 0.667. The highest BCUT2D eigenvalue weighted by atomic mass is 16.2. The molecule has 5 nitrogen and oxygen atoms in total. The first-order chi connectivity index (χ1) is 9.66. The maximum absolute atomic E-state index is 12.5. The van der Waals surface area contributed by atoms with Gasteiger partial charge in [-0.2, -0.15) is 10.4 Å². The SMILES string of the molecule is CC(Cn1cccn1)NC(=O)C1(C#N)CCCCCC1. The van der Waals surface area contributed by atoms with Crippen molar-refractivity contribution in [3.63, 3.8) is 0 Å². The molecular formula is C15H22N4O. The predicted octanol–water partition coefficient (Wildman–Crippen LogP) is 2.25. The van der Waals surface area contributed by atoms with Crippen LogP contribution in [0.15, 0.2) is 18.5 Å². The van der Waals surface area contributed by atoms with Crippen molar-refractivity contribution in [3.8, 4) is 6.07 Å². The number of amides is 1. The Morgan fingerprint density at radius 1 is 1.45 bits per heavy atom. The Morgan fingerprint density at radius 3 is 2.70 bits per heavy atom. The molecule has 1 aliphatic carbocycles. The van der Waals surface area contributed by atoms with Gasteiger partial charge in [0.05, 0.1) is 12.6 Å². The minimum absolute atomic E-state index is 0.0316. The second-order valence-electron chi connectivity index (χ2n) is 5.71. The Bertz CT molecular complexity index is 467. The van der Waals surface area contributed by atoms with E-state index in [1.165, 1.54) is 0 Å². The first-order valence-electron chi connectivity index (χ1n) is 7.36. The Hall–Kier alpha value is -1.83. The number of nitrogens with zero attached hydrogens (tertiary/aromatic N) is 3. The van der Waals surface area contributed by atoms with Crippen LogP contribution >= 0.6 is 0 Å². The van der Waals surface area contributed by atoms with Crippen LogP contribution in [-0.4, -0.2) is 21.7 Å². The summed E-state index contributed by atoms with van der Waals surface area (Å²) in [6, 6.07) is 4.11. The van der Waals surface area contributed by atoms with Gasteiger partial charge in [-0.1, -0.05) is 25.7 Å². The third kappa shape index (κ3) is 3.38. The summed E-state index contributed by atoms with van der Waals surface area (Å²) in [5.41, 5.74) is -0.825. The van der Waals surface area contributed by atoms with Crippen LogP contribution in [-0.2, 0) is 11.3 Å². The molecule has 5 heteroatoms. The van der Waals surface area contributed by atoms with Crippen molar-refractivity contribution >= 4 is 5.91 Å². The molecule has 20 heavy (non-hydrogen) atoms. The Balaban J connectivity index is 1.96. The van der Waals surface area contributed by atoms with Crippen molar-refractivity contribution < 1.29 is 4.79 Å². The van der Waals surface area contributed by atoms with E-state index in [-0.39, 0.29) is 11.9 Å². The summed E-state index contributed by atoms with van der Waals surface area (Å²) in [5.74, 6) is -0.110. The van der Waals surface area contributed by atoms with E-state index >= 15 is 0 Å². The molecule has 1 amide bonds. The maximum atomic E-state index is 12.5. The normalized spacial score (nSPS) is 19.6. The standard InChI is InChI=1S/C15H22N4O/c1-13(11-19-10-6-9-17-19)18-14(20)15(12-16)7-4-2-3-5-8-15/h6,9-10,13H,2-5,7-8,11H2,1H3,(H,18,20). The van der Waals surface area contributed by atoms with E-state index in [4.69, 9.17) is 0 Å². The summed E-state index contributed by atoms with van der Waals surface area (Å²) in [6.45, 7) is 2.57. The molecule has 0 bridgehead atoms. The average Bonchev–Trinajstić information content (AvgIpc) is 2.80. The summed E-state index contributed by atoms with van der Waals surface area (Å²) in [7, 11) is 0. The van der Waals surface area contributed by atoms with Gasteiger partial charge >= 0.3 is 0 Å². The van der Waals surface area contributed by atoms with Gasteiger partial charge in [-0.15, -0.1) is 0 Å². The van der Waals surface area contributed by atoms with Gasteiger partial charge in [0.25, 0.3) is 0 Å². The lowest BCUT2D eigenvalue weighted by molar-refractivity contribution is -0.129. The Morgan fingerprint density at radius 2 is 2.15 bits per heavy atom. The van der Waals surface area contributed by atoms with Gasteiger partial charge in [0.1, 0.15) is 5.41 Å². The fourth-order valence-corrected chi connectivity index (χ4v) is 2.82. The molecule has 108 valence electrons. The van der Waals surface area contributed by atoms with Crippen molar-refractivity contribution in [3.05, 3.63) is 18.5 Å². The van der Waals surface area contributed by atoms with Crippen LogP contribution in [0, 0.1) is 16.7 Å². The molecule has 0 aromatic carbocycles. The molecular weight excluding hydrogens is 252 g/mol. The summed E-state index contributed by atoms with van der Waals surface area (Å²) in [6.07, 6.45) is 9.14. The van der Waals surface area contributed by atoms with Gasteiger partial charge in [0, 0.05) is 18.4 Å². The largest absolute Gasteiger partial charge is 0.350 e. The quantitative estimate of drug-likeness (QED) is 0.856. The number of nitrogens with one attached hydrogen (secondary N) is 1. The molecule has 1 N–H and O–H groups in total. The van der Waals surface area contributed by atoms with Gasteiger partial charge in [-0.05, 0) is 25.8 Å². The van der Waals surface area contributed by atoms with Gasteiger partial charge in [0.2, 0.25) is 5.91 Å². The molecule has 2 rings (SSSR count). The van der Waals surface area contributed by atoms with Crippen molar-refractivity contribution in [2.24, 2.45) is 5.41 Å². The zero-order chi connectivity index (χ0) is 14.4. The topological polar surface area (TPSA) is 70.7 Å². The number of carbonyl (C=O) groups excluding carboxylic acids is 1. The molecule has 1 saturated carbocycles. The molecule has 0 saturated heterocycles. The molecule has 1 unspecified atom stereocenters.